The van der Waals surface area contributed by atoms with Crippen molar-refractivity contribution in [3.05, 3.63) is 30.3 Å². The van der Waals surface area contributed by atoms with E-state index in [-0.39, 0.29) is 0 Å². The van der Waals surface area contributed by atoms with E-state index in [1.165, 1.54) is 0 Å². The van der Waals surface area contributed by atoms with Crippen LogP contribution in [-0.2, 0) is 10.2 Å². The van der Waals surface area contributed by atoms with E-state index >= 15 is 0 Å². The average Bonchev–Trinajstić information content (AvgIpc) is 2.02. The van der Waals surface area contributed by atoms with Crippen molar-refractivity contribution in [1.29, 1.82) is 0 Å². The Balaban J connectivity index is 2.59. The largest absolute Gasteiger partial charge is 0.333 e. The molecule has 6 nitrogen and oxygen atoms in total. The van der Waals surface area contributed by atoms with Crippen LogP contribution in [0.25, 0.3) is 0 Å². The van der Waals surface area contributed by atoms with E-state index in [0.29, 0.717) is 5.69 Å². The Morgan fingerprint density at radius 2 is 1.79 bits per heavy atom. The van der Waals surface area contributed by atoms with Gasteiger partial charge in [0.05, 0.1) is 0 Å². The zero-order valence-electron chi connectivity index (χ0n) is 7.10. The lowest BCUT2D eigenvalue weighted by Gasteiger charge is -2.04. The minimum atomic E-state index is -4.01. The topological polar surface area (TPSA) is 101 Å². The van der Waals surface area contributed by atoms with Gasteiger partial charge in [-0.3, -0.25) is 0 Å². The number of rotatable bonds is 2. The molecule has 0 saturated heterocycles. The number of nitrogens with two attached hydrogens (primary N) is 1. The van der Waals surface area contributed by atoms with Gasteiger partial charge in [0.15, 0.2) is 0 Å². The Bertz CT molecular complexity index is 415. The number of urea groups is 1. The first-order valence-electron chi connectivity index (χ1n) is 3.64. The van der Waals surface area contributed by atoms with Crippen LogP contribution in [-0.4, -0.2) is 14.4 Å². The van der Waals surface area contributed by atoms with Gasteiger partial charge in [-0.2, -0.15) is 8.42 Å². The van der Waals surface area contributed by atoms with Crippen molar-refractivity contribution in [2.45, 2.75) is 0 Å². The first-order valence-corrected chi connectivity index (χ1v) is 5.18. The molecule has 2 amide bonds. The average molecular weight is 215 g/mol. The molecular formula is C7H9N3O3S. The lowest BCUT2D eigenvalue weighted by molar-refractivity contribution is 0.256. The third-order valence-corrected chi connectivity index (χ3v) is 1.74. The van der Waals surface area contributed by atoms with Crippen LogP contribution in [0.4, 0.5) is 10.5 Å². The molecule has 0 saturated carbocycles. The molecule has 1 aromatic rings. The summed E-state index contributed by atoms with van der Waals surface area (Å²) in [5.41, 5.74) is 0.480. The maximum absolute atomic E-state index is 10.9. The van der Waals surface area contributed by atoms with E-state index in [9.17, 15) is 13.2 Å². The summed E-state index contributed by atoms with van der Waals surface area (Å²) in [4.78, 5) is 10.9. The first-order chi connectivity index (χ1) is 6.47. The van der Waals surface area contributed by atoms with Crippen LogP contribution < -0.4 is 15.2 Å². The molecule has 0 fully saturated rings. The van der Waals surface area contributed by atoms with E-state index in [2.05, 4.69) is 10.5 Å². The molecule has 0 spiro atoms. The minimum absolute atomic E-state index is 0.480. The van der Waals surface area contributed by atoms with Gasteiger partial charge in [-0.15, -0.1) is 0 Å². The second-order valence-corrected chi connectivity index (χ2v) is 3.76. The molecule has 0 unspecified atom stereocenters. The predicted molar refractivity (Wildman–Crippen MR) is 51.7 cm³/mol. The Morgan fingerprint density at radius 1 is 1.21 bits per heavy atom. The standard InChI is InChI=1S/C7H9N3O3S/c8-14(12,13)10-7(11)9-6-4-2-1-3-5-6/h1-5H,(H2,8,12,13)(H2,9,10,11). The van der Waals surface area contributed by atoms with Crippen LogP contribution in [0.2, 0.25) is 0 Å². The van der Waals surface area contributed by atoms with Crippen molar-refractivity contribution in [2.24, 2.45) is 5.14 Å². The second-order valence-electron chi connectivity index (χ2n) is 2.47. The fourth-order valence-corrected chi connectivity index (χ4v) is 1.12. The summed E-state index contributed by atoms with van der Waals surface area (Å²) >= 11 is 0. The summed E-state index contributed by atoms with van der Waals surface area (Å²) in [7, 11) is -4.01. The number of amides is 2. The zero-order chi connectivity index (χ0) is 10.6. The molecule has 1 rings (SSSR count). The van der Waals surface area contributed by atoms with Gasteiger partial charge < -0.3 is 5.32 Å². The molecule has 0 bridgehead atoms. The fraction of sp³-hybridized carbons (Fsp3) is 0. The van der Waals surface area contributed by atoms with E-state index in [1.54, 1.807) is 35.1 Å². The van der Waals surface area contributed by atoms with Crippen molar-refractivity contribution in [2.75, 3.05) is 5.32 Å². The third kappa shape index (κ3) is 3.87. The summed E-state index contributed by atoms with van der Waals surface area (Å²) in [6, 6.07) is 7.51. The molecule has 14 heavy (non-hydrogen) atoms. The maximum Gasteiger partial charge on any atom is 0.333 e. The van der Waals surface area contributed by atoms with E-state index in [1.807, 2.05) is 0 Å². The first kappa shape index (κ1) is 10.5. The maximum atomic E-state index is 10.9. The summed E-state index contributed by atoms with van der Waals surface area (Å²) < 4.78 is 22.4. The van der Waals surface area contributed by atoms with E-state index < -0.39 is 16.2 Å². The number of benzene rings is 1. The molecule has 0 aliphatic rings. The van der Waals surface area contributed by atoms with Crippen molar-refractivity contribution in [3.8, 4) is 0 Å². The van der Waals surface area contributed by atoms with Gasteiger partial charge in [0.1, 0.15) is 0 Å². The predicted octanol–water partition coefficient (Wildman–Crippen LogP) is 0.0116. The van der Waals surface area contributed by atoms with Gasteiger partial charge >= 0.3 is 6.03 Å². The van der Waals surface area contributed by atoms with Gasteiger partial charge in [-0.1, -0.05) is 18.2 Å². The van der Waals surface area contributed by atoms with Crippen molar-refractivity contribution < 1.29 is 13.2 Å². The van der Waals surface area contributed by atoms with Gasteiger partial charge in [0, 0.05) is 5.69 Å². The highest BCUT2D eigenvalue weighted by atomic mass is 32.2. The number of hydrogen-bond donors (Lipinski definition) is 3. The Labute approximate surface area is 81.3 Å². The lowest BCUT2D eigenvalue weighted by atomic mass is 10.3. The molecule has 7 heteroatoms. The highest BCUT2D eigenvalue weighted by Crippen LogP contribution is 2.03. The normalized spacial score (nSPS) is 10.6. The van der Waals surface area contributed by atoms with Crippen LogP contribution in [0.3, 0.4) is 0 Å². The third-order valence-electron chi connectivity index (χ3n) is 1.27. The molecule has 0 atom stereocenters. The Kier molecular flexibility index (Phi) is 3.05. The van der Waals surface area contributed by atoms with Crippen molar-refractivity contribution in [3.63, 3.8) is 0 Å². The summed E-state index contributed by atoms with van der Waals surface area (Å²) in [6.07, 6.45) is 0. The molecule has 1 aromatic carbocycles. The monoisotopic (exact) mass is 215 g/mol. The van der Waals surface area contributed by atoms with Crippen LogP contribution in [0.1, 0.15) is 0 Å². The quantitative estimate of drug-likeness (QED) is 0.647. The van der Waals surface area contributed by atoms with Crippen LogP contribution in [0.5, 0.6) is 0 Å². The molecule has 76 valence electrons. The summed E-state index contributed by atoms with van der Waals surface area (Å²) in [6.45, 7) is 0. The van der Waals surface area contributed by atoms with E-state index in [0.717, 1.165) is 0 Å². The molecule has 0 radical (unpaired) electrons. The van der Waals surface area contributed by atoms with Gasteiger partial charge in [0.2, 0.25) is 0 Å². The van der Waals surface area contributed by atoms with Crippen LogP contribution in [0, 0.1) is 0 Å². The smallest absolute Gasteiger partial charge is 0.307 e. The van der Waals surface area contributed by atoms with Crippen molar-refractivity contribution >= 4 is 21.9 Å². The molecular weight excluding hydrogens is 206 g/mol. The molecule has 0 aromatic heterocycles. The fourth-order valence-electron chi connectivity index (χ4n) is 0.807. The molecule has 0 heterocycles. The number of carbonyl (C=O) groups excluding carboxylic acids is 1. The number of para-hydroxylation sites is 1. The number of nitrogens with one attached hydrogen (secondary N) is 2. The molecule has 0 aliphatic heterocycles. The molecule has 0 aliphatic carbocycles. The number of hydrogen-bond acceptors (Lipinski definition) is 3. The second kappa shape index (κ2) is 4.07. The highest BCUT2D eigenvalue weighted by Gasteiger charge is 2.07. The SMILES string of the molecule is NS(=O)(=O)NC(=O)Nc1ccccc1. The number of carbonyl (C=O) groups is 1. The Morgan fingerprint density at radius 3 is 2.29 bits per heavy atom. The Hall–Kier alpha value is -1.60. The van der Waals surface area contributed by atoms with E-state index in [4.69, 9.17) is 0 Å². The van der Waals surface area contributed by atoms with Crippen LogP contribution in [0.15, 0.2) is 30.3 Å². The van der Waals surface area contributed by atoms with Gasteiger partial charge in [-0.05, 0) is 12.1 Å². The summed E-state index contributed by atoms with van der Waals surface area (Å²) in [5.74, 6) is 0. The zero-order valence-corrected chi connectivity index (χ0v) is 7.91. The van der Waals surface area contributed by atoms with Crippen molar-refractivity contribution in [1.82, 2.24) is 4.72 Å². The molecule has 4 N–H and O–H groups in total. The van der Waals surface area contributed by atoms with Crippen LogP contribution >= 0.6 is 0 Å². The van der Waals surface area contributed by atoms with Gasteiger partial charge in [0.25, 0.3) is 10.2 Å². The highest BCUT2D eigenvalue weighted by molar-refractivity contribution is 7.87. The number of anilines is 1. The summed E-state index contributed by atoms with van der Waals surface area (Å²) in [5, 5.41) is 6.88. The lowest BCUT2D eigenvalue weighted by Crippen LogP contribution is -2.38. The minimum Gasteiger partial charge on any atom is -0.307 e. The van der Waals surface area contributed by atoms with Gasteiger partial charge in [-0.25, -0.2) is 14.7 Å².